The molecule has 2 aromatic rings. The number of nitrogens with zero attached hydrogens (tertiary/aromatic N) is 2. The lowest BCUT2D eigenvalue weighted by Crippen LogP contribution is -2.33. The van der Waals surface area contributed by atoms with Crippen molar-refractivity contribution >= 4 is 46.4 Å². The highest BCUT2D eigenvalue weighted by atomic mass is 35.5. The average Bonchev–Trinajstić information content (AvgIpc) is 2.52. The van der Waals surface area contributed by atoms with Gasteiger partial charge < -0.3 is 4.74 Å². The summed E-state index contributed by atoms with van der Waals surface area (Å²) in [4.78, 5) is 23.8. The summed E-state index contributed by atoms with van der Waals surface area (Å²) in [5.74, 6) is -0.566. The first-order chi connectivity index (χ1) is 11.4. The summed E-state index contributed by atoms with van der Waals surface area (Å²) < 4.78 is 6.03. The highest BCUT2D eigenvalue weighted by Gasteiger charge is 2.12. The normalized spacial score (nSPS) is 10.5. The third-order valence-electron chi connectivity index (χ3n) is 2.91. The maximum atomic E-state index is 12.1. The molecule has 24 heavy (non-hydrogen) atoms. The fourth-order valence-corrected chi connectivity index (χ4v) is 2.66. The van der Waals surface area contributed by atoms with E-state index in [4.69, 9.17) is 39.5 Å². The molecule has 0 atom stereocenters. The quantitative estimate of drug-likeness (QED) is 0.739. The van der Waals surface area contributed by atoms with Crippen molar-refractivity contribution in [2.75, 3.05) is 19.1 Å². The van der Waals surface area contributed by atoms with Gasteiger partial charge in [0.2, 0.25) is 0 Å². The van der Waals surface area contributed by atoms with E-state index in [2.05, 4.69) is 16.0 Å². The van der Waals surface area contributed by atoms with Crippen LogP contribution in [0.2, 0.25) is 15.1 Å². The van der Waals surface area contributed by atoms with E-state index in [0.29, 0.717) is 17.3 Å². The van der Waals surface area contributed by atoms with Crippen LogP contribution in [0, 0.1) is 0 Å². The summed E-state index contributed by atoms with van der Waals surface area (Å²) in [7, 11) is 1.51. The van der Waals surface area contributed by atoms with Crippen molar-refractivity contribution in [2.24, 2.45) is 0 Å². The summed E-state index contributed by atoms with van der Waals surface area (Å²) in [6, 6.07) is 5.52. The van der Waals surface area contributed by atoms with Gasteiger partial charge >= 0.3 is 0 Å². The van der Waals surface area contributed by atoms with Crippen molar-refractivity contribution < 1.29 is 9.53 Å². The number of rotatable bonds is 6. The zero-order chi connectivity index (χ0) is 17.7. The summed E-state index contributed by atoms with van der Waals surface area (Å²) in [5, 5.41) is 4.82. The van der Waals surface area contributed by atoms with Crippen LogP contribution in [0.3, 0.4) is 0 Å². The number of amides is 1. The van der Waals surface area contributed by atoms with E-state index in [9.17, 15) is 9.59 Å². The van der Waals surface area contributed by atoms with Crippen LogP contribution in [0.5, 0.6) is 0 Å². The van der Waals surface area contributed by atoms with E-state index in [1.807, 2.05) is 0 Å². The standard InChI is InChI=1S/C14H13Cl3N4O3/c1-24-5-4-21-12(22)3-2-11(20-21)14(23)19-18-13-9(16)6-8(15)7-10(13)17/h2-3,6-7,18H,4-5H2,1H3,(H,19,23). The molecule has 0 saturated carbocycles. The van der Waals surface area contributed by atoms with Gasteiger partial charge in [-0.05, 0) is 18.2 Å². The Hall–Kier alpha value is -1.80. The Bertz CT molecular complexity index is 787. The van der Waals surface area contributed by atoms with Gasteiger partial charge in [0.1, 0.15) is 0 Å². The third kappa shape index (κ3) is 4.61. The molecule has 1 amide bonds. The molecular formula is C14H13Cl3N4O3. The molecule has 0 radical (unpaired) electrons. The number of carbonyl (C=O) groups is 1. The van der Waals surface area contributed by atoms with Crippen molar-refractivity contribution in [3.63, 3.8) is 0 Å². The molecule has 0 aliphatic carbocycles. The topological polar surface area (TPSA) is 85.2 Å². The number of benzene rings is 1. The summed E-state index contributed by atoms with van der Waals surface area (Å²) in [5.41, 5.74) is 5.02. The minimum absolute atomic E-state index is 0.0411. The second-order valence-corrected chi connectivity index (χ2v) is 5.85. The van der Waals surface area contributed by atoms with Crippen molar-refractivity contribution in [1.29, 1.82) is 0 Å². The lowest BCUT2D eigenvalue weighted by Gasteiger charge is -2.12. The van der Waals surface area contributed by atoms with Crippen LogP contribution in [0.1, 0.15) is 10.5 Å². The molecule has 0 aliphatic rings. The van der Waals surface area contributed by atoms with Crippen molar-refractivity contribution in [2.45, 2.75) is 6.54 Å². The Kier molecular flexibility index (Phi) is 6.44. The highest BCUT2D eigenvalue weighted by Crippen LogP contribution is 2.33. The van der Waals surface area contributed by atoms with Crippen LogP contribution in [0.4, 0.5) is 5.69 Å². The zero-order valence-corrected chi connectivity index (χ0v) is 14.7. The van der Waals surface area contributed by atoms with Gasteiger partial charge in [-0.25, -0.2) is 4.68 Å². The van der Waals surface area contributed by atoms with Gasteiger partial charge in [-0.15, -0.1) is 0 Å². The number of aromatic nitrogens is 2. The minimum atomic E-state index is -0.566. The van der Waals surface area contributed by atoms with E-state index >= 15 is 0 Å². The molecule has 0 aliphatic heterocycles. The van der Waals surface area contributed by atoms with E-state index < -0.39 is 5.91 Å². The molecule has 0 saturated heterocycles. The van der Waals surface area contributed by atoms with Crippen LogP contribution in [0.15, 0.2) is 29.1 Å². The molecule has 1 aromatic heterocycles. The van der Waals surface area contributed by atoms with Gasteiger partial charge in [-0.2, -0.15) is 5.10 Å². The van der Waals surface area contributed by atoms with Gasteiger partial charge in [-0.1, -0.05) is 34.8 Å². The number of nitrogens with one attached hydrogen (secondary N) is 2. The molecular weight excluding hydrogens is 379 g/mol. The van der Waals surface area contributed by atoms with Crippen molar-refractivity contribution in [3.8, 4) is 0 Å². The lowest BCUT2D eigenvalue weighted by molar-refractivity contribution is 0.0954. The predicted molar refractivity (Wildman–Crippen MR) is 92.9 cm³/mol. The van der Waals surface area contributed by atoms with Gasteiger partial charge in [0, 0.05) is 18.2 Å². The number of hydrogen-bond donors (Lipinski definition) is 2. The molecule has 1 aromatic carbocycles. The number of hydrazine groups is 1. The molecule has 2 N–H and O–H groups in total. The highest BCUT2D eigenvalue weighted by molar-refractivity contribution is 6.41. The predicted octanol–water partition coefficient (Wildman–Crippen LogP) is 2.61. The molecule has 0 bridgehead atoms. The molecule has 0 fully saturated rings. The van der Waals surface area contributed by atoms with E-state index in [-0.39, 0.29) is 27.8 Å². The molecule has 7 nitrogen and oxygen atoms in total. The Labute approximate surface area is 152 Å². The largest absolute Gasteiger partial charge is 0.383 e. The molecule has 2 rings (SSSR count). The van der Waals surface area contributed by atoms with Gasteiger partial charge in [0.05, 0.1) is 28.9 Å². The minimum Gasteiger partial charge on any atom is -0.383 e. The first-order valence-electron chi connectivity index (χ1n) is 6.70. The van der Waals surface area contributed by atoms with E-state index in [1.54, 1.807) is 0 Å². The maximum Gasteiger partial charge on any atom is 0.290 e. The SMILES string of the molecule is COCCn1nc(C(=O)NNc2c(Cl)cc(Cl)cc2Cl)ccc1=O. The summed E-state index contributed by atoms with van der Waals surface area (Å²) in [6.45, 7) is 0.533. The lowest BCUT2D eigenvalue weighted by atomic mass is 10.3. The van der Waals surface area contributed by atoms with Crippen molar-refractivity contribution in [1.82, 2.24) is 15.2 Å². The molecule has 1 heterocycles. The Morgan fingerprint density at radius 3 is 2.54 bits per heavy atom. The maximum absolute atomic E-state index is 12.1. The number of anilines is 1. The second kappa shape index (κ2) is 8.34. The zero-order valence-electron chi connectivity index (χ0n) is 12.5. The second-order valence-electron chi connectivity index (χ2n) is 4.60. The van der Waals surface area contributed by atoms with Crippen LogP contribution in [-0.4, -0.2) is 29.4 Å². The molecule has 0 unspecified atom stereocenters. The number of ether oxygens (including phenoxy) is 1. The molecule has 0 spiro atoms. The number of hydrogen-bond acceptors (Lipinski definition) is 5. The van der Waals surface area contributed by atoms with Crippen LogP contribution >= 0.6 is 34.8 Å². The van der Waals surface area contributed by atoms with Crippen LogP contribution in [0.25, 0.3) is 0 Å². The fraction of sp³-hybridized carbons (Fsp3) is 0.214. The average molecular weight is 392 g/mol. The smallest absolute Gasteiger partial charge is 0.290 e. The number of methoxy groups -OCH3 is 1. The Balaban J connectivity index is 2.12. The van der Waals surface area contributed by atoms with Crippen molar-refractivity contribution in [3.05, 3.63) is 55.4 Å². The third-order valence-corrected chi connectivity index (χ3v) is 3.73. The van der Waals surface area contributed by atoms with E-state index in [0.717, 1.165) is 4.68 Å². The number of halogens is 3. The monoisotopic (exact) mass is 390 g/mol. The first-order valence-corrected chi connectivity index (χ1v) is 7.83. The summed E-state index contributed by atoms with van der Waals surface area (Å²) >= 11 is 17.8. The van der Waals surface area contributed by atoms with Gasteiger partial charge in [-0.3, -0.25) is 20.4 Å². The van der Waals surface area contributed by atoms with E-state index in [1.165, 1.54) is 31.4 Å². The Morgan fingerprint density at radius 2 is 1.92 bits per heavy atom. The first kappa shape index (κ1) is 18.5. The van der Waals surface area contributed by atoms with Gasteiger partial charge in [0.25, 0.3) is 11.5 Å². The van der Waals surface area contributed by atoms with Gasteiger partial charge in [0.15, 0.2) is 5.69 Å². The fourth-order valence-electron chi connectivity index (χ4n) is 1.75. The Morgan fingerprint density at radius 1 is 1.25 bits per heavy atom. The molecule has 128 valence electrons. The molecule has 10 heteroatoms. The number of carbonyl (C=O) groups excluding carboxylic acids is 1. The van der Waals surface area contributed by atoms with Crippen LogP contribution < -0.4 is 16.4 Å². The summed E-state index contributed by atoms with van der Waals surface area (Å²) in [6.07, 6.45) is 0. The van der Waals surface area contributed by atoms with Crippen LogP contribution in [-0.2, 0) is 11.3 Å².